The van der Waals surface area contributed by atoms with Gasteiger partial charge in [-0.15, -0.1) is 10.2 Å². The molecule has 0 aliphatic rings. The Morgan fingerprint density at radius 2 is 2.36 bits per heavy atom. The Balaban J connectivity index is 3.31. The van der Waals surface area contributed by atoms with Gasteiger partial charge in [-0.05, 0) is 17.5 Å². The summed E-state index contributed by atoms with van der Waals surface area (Å²) in [6.45, 7) is -0.796. The lowest BCUT2D eigenvalue weighted by Crippen LogP contribution is -1.93. The zero-order chi connectivity index (χ0) is 11.8. The average Bonchev–Trinajstić information content (AvgIpc) is 2.10. The fourth-order valence-corrected chi connectivity index (χ4v) is 1.00. The first-order valence-corrected chi connectivity index (χ1v) is 3.69. The predicted octanol–water partition coefficient (Wildman–Crippen LogP) is 2.91. The molecule has 0 amide bonds. The zero-order valence-corrected chi connectivity index (χ0v) is 7.24. The molecule has 0 fully saturated rings. The summed E-state index contributed by atoms with van der Waals surface area (Å²) in [7, 11) is 0. The van der Waals surface area contributed by atoms with Crippen molar-refractivity contribution in [1.29, 1.82) is 0 Å². The van der Waals surface area contributed by atoms with E-state index in [0.717, 1.165) is 0 Å². The lowest BCUT2D eigenvalue weighted by Gasteiger charge is -2.05. The topological polar surface area (TPSA) is 25.8 Å². The lowest BCUT2D eigenvalue weighted by molar-refractivity contribution is 0.842. The molecular weight excluding hydrogens is 183 g/mol. The molecule has 0 radical (unpaired) electrons. The molecule has 1 aromatic heterocycles. The van der Waals surface area contributed by atoms with Gasteiger partial charge in [0.1, 0.15) is 0 Å². The molecule has 1 heterocycles. The molecule has 4 heteroatoms. The molecule has 0 aliphatic heterocycles. The van der Waals surface area contributed by atoms with Gasteiger partial charge in [-0.1, -0.05) is 37.0 Å². The van der Waals surface area contributed by atoms with Crippen LogP contribution >= 0.6 is 23.2 Å². The predicted molar refractivity (Wildman–Crippen MR) is 46.1 cm³/mol. The van der Waals surface area contributed by atoms with Crippen molar-refractivity contribution in [2.24, 2.45) is 0 Å². The molecule has 1 unspecified atom stereocenters. The van der Waals surface area contributed by atoms with E-state index >= 15 is 0 Å². The molecule has 0 aliphatic carbocycles. The van der Waals surface area contributed by atoms with Crippen LogP contribution in [0, 0.1) is 0 Å². The number of rotatable bonds is 1. The standard InChI is InChI=1S/C7H8Cl2N2/c1-4(2)5-3-6(8)10-11-7(5)9/h3-4H,1-2H3/i1D3,3D. The van der Waals surface area contributed by atoms with Crippen molar-refractivity contribution in [2.75, 3.05) is 0 Å². The molecule has 1 aromatic rings. The molecule has 0 saturated heterocycles. The summed E-state index contributed by atoms with van der Waals surface area (Å²) >= 11 is 11.3. The van der Waals surface area contributed by atoms with E-state index in [-0.39, 0.29) is 21.9 Å². The van der Waals surface area contributed by atoms with Gasteiger partial charge in [-0.25, -0.2) is 0 Å². The number of aromatic nitrogens is 2. The smallest absolute Gasteiger partial charge is 0.137 e. The van der Waals surface area contributed by atoms with Crippen molar-refractivity contribution in [3.05, 3.63) is 21.9 Å². The van der Waals surface area contributed by atoms with Gasteiger partial charge in [0.25, 0.3) is 0 Å². The molecule has 1 atom stereocenters. The molecule has 0 N–H and O–H groups in total. The van der Waals surface area contributed by atoms with E-state index < -0.39 is 12.8 Å². The maximum atomic E-state index is 7.58. The molecular formula is C7H8Cl2N2. The van der Waals surface area contributed by atoms with Crippen LogP contribution in [0.25, 0.3) is 0 Å². The SMILES string of the molecule is [2H]c1c(Cl)nnc(Cl)c1C(C)C([2H])([2H])[2H]. The van der Waals surface area contributed by atoms with Crippen molar-refractivity contribution in [3.8, 4) is 0 Å². The van der Waals surface area contributed by atoms with Gasteiger partial charge in [-0.2, -0.15) is 0 Å². The Hall–Kier alpha value is -0.340. The van der Waals surface area contributed by atoms with Crippen LogP contribution in [0.15, 0.2) is 6.04 Å². The second kappa shape index (κ2) is 3.37. The highest BCUT2D eigenvalue weighted by Gasteiger charge is 2.06. The second-order valence-electron chi connectivity index (χ2n) is 2.04. The Morgan fingerprint density at radius 3 is 3.00 bits per heavy atom. The van der Waals surface area contributed by atoms with Gasteiger partial charge >= 0.3 is 0 Å². The molecule has 0 spiro atoms. The van der Waals surface area contributed by atoms with E-state index in [1.807, 2.05) is 0 Å². The summed E-state index contributed by atoms with van der Waals surface area (Å²) < 4.78 is 29.3. The lowest BCUT2D eigenvalue weighted by atomic mass is 10.1. The minimum Gasteiger partial charge on any atom is -0.137 e. The first-order valence-electron chi connectivity index (χ1n) is 4.93. The highest BCUT2D eigenvalue weighted by Crippen LogP contribution is 2.22. The van der Waals surface area contributed by atoms with Gasteiger partial charge < -0.3 is 0 Å². The molecule has 0 bridgehead atoms. The summed E-state index contributed by atoms with van der Waals surface area (Å²) in [4.78, 5) is 0. The third-order valence-corrected chi connectivity index (χ3v) is 1.57. The number of halogens is 2. The van der Waals surface area contributed by atoms with E-state index in [9.17, 15) is 0 Å². The Bertz CT molecular complexity index is 380. The molecule has 0 saturated carbocycles. The normalized spacial score (nSPS) is 19.5. The highest BCUT2D eigenvalue weighted by molar-refractivity contribution is 6.31. The van der Waals surface area contributed by atoms with Gasteiger partial charge in [0.15, 0.2) is 10.3 Å². The van der Waals surface area contributed by atoms with E-state index in [2.05, 4.69) is 10.2 Å². The number of hydrogen-bond donors (Lipinski definition) is 0. The fourth-order valence-electron chi connectivity index (χ4n) is 0.616. The molecule has 2 nitrogen and oxygen atoms in total. The summed E-state index contributed by atoms with van der Waals surface area (Å²) in [6, 6.07) is -0.180. The maximum Gasteiger partial charge on any atom is 0.155 e. The van der Waals surface area contributed by atoms with E-state index in [0.29, 0.717) is 0 Å². The molecule has 11 heavy (non-hydrogen) atoms. The van der Waals surface area contributed by atoms with Crippen molar-refractivity contribution < 1.29 is 5.48 Å². The van der Waals surface area contributed by atoms with Crippen LogP contribution in [0.3, 0.4) is 0 Å². The Labute approximate surface area is 81.2 Å². The largest absolute Gasteiger partial charge is 0.155 e. The van der Waals surface area contributed by atoms with Crippen LogP contribution in [0.1, 0.15) is 30.7 Å². The van der Waals surface area contributed by atoms with Crippen LogP contribution in [0.4, 0.5) is 0 Å². The highest BCUT2D eigenvalue weighted by atomic mass is 35.5. The quantitative estimate of drug-likeness (QED) is 0.688. The van der Waals surface area contributed by atoms with Crippen molar-refractivity contribution in [1.82, 2.24) is 10.2 Å². The van der Waals surface area contributed by atoms with Crippen molar-refractivity contribution in [2.45, 2.75) is 19.7 Å². The van der Waals surface area contributed by atoms with E-state index in [1.54, 1.807) is 0 Å². The fraction of sp³-hybridized carbons (Fsp3) is 0.429. The number of nitrogens with zero attached hydrogens (tertiary/aromatic N) is 2. The molecule has 0 aromatic carbocycles. The van der Waals surface area contributed by atoms with Crippen LogP contribution in [0.5, 0.6) is 0 Å². The Kier molecular flexibility index (Phi) is 1.42. The minimum atomic E-state index is -2.24. The molecule has 1 rings (SSSR count). The van der Waals surface area contributed by atoms with Crippen molar-refractivity contribution >= 4 is 23.2 Å². The monoisotopic (exact) mass is 194 g/mol. The van der Waals surface area contributed by atoms with Crippen LogP contribution in [-0.2, 0) is 0 Å². The maximum absolute atomic E-state index is 7.58. The summed E-state index contributed by atoms with van der Waals surface area (Å²) in [5, 5.41) is 6.67. The average molecular weight is 195 g/mol. The van der Waals surface area contributed by atoms with Crippen LogP contribution in [-0.4, -0.2) is 10.2 Å². The van der Waals surface area contributed by atoms with Gasteiger partial charge in [0.2, 0.25) is 0 Å². The van der Waals surface area contributed by atoms with Gasteiger partial charge in [-0.3, -0.25) is 0 Å². The van der Waals surface area contributed by atoms with Gasteiger partial charge in [0, 0.05) is 4.11 Å². The number of hydrogen-bond acceptors (Lipinski definition) is 2. The van der Waals surface area contributed by atoms with Crippen LogP contribution < -0.4 is 0 Å². The summed E-state index contributed by atoms with van der Waals surface area (Å²) in [6.07, 6.45) is 0. The molecule has 60 valence electrons. The minimum absolute atomic E-state index is 0.0898. The first kappa shape index (κ1) is 4.63. The third kappa shape index (κ3) is 2.04. The zero-order valence-electron chi connectivity index (χ0n) is 9.73. The summed E-state index contributed by atoms with van der Waals surface area (Å²) in [5.41, 5.74) is 0.108. The van der Waals surface area contributed by atoms with E-state index in [4.69, 9.17) is 28.7 Å². The summed E-state index contributed by atoms with van der Waals surface area (Å²) in [5.74, 6) is -0.898. The van der Waals surface area contributed by atoms with Crippen LogP contribution in [0.2, 0.25) is 10.3 Å². The van der Waals surface area contributed by atoms with Crippen molar-refractivity contribution in [3.63, 3.8) is 0 Å². The second-order valence-corrected chi connectivity index (χ2v) is 2.76. The van der Waals surface area contributed by atoms with E-state index in [1.165, 1.54) is 6.92 Å². The third-order valence-electron chi connectivity index (χ3n) is 1.12. The van der Waals surface area contributed by atoms with Gasteiger partial charge in [0.05, 0.1) is 1.37 Å². The first-order chi connectivity index (χ1) is 6.75. The Morgan fingerprint density at radius 1 is 1.64 bits per heavy atom.